The van der Waals surface area contributed by atoms with E-state index in [1.54, 1.807) is 4.82 Å². The first-order valence-electron chi connectivity index (χ1n) is 8.35. The summed E-state index contributed by atoms with van der Waals surface area (Å²) < 4.78 is 0. The van der Waals surface area contributed by atoms with E-state index in [1.165, 1.54) is 18.0 Å². The molecule has 0 bridgehead atoms. The third-order valence-electron chi connectivity index (χ3n) is 4.03. The fourth-order valence-electron chi connectivity index (χ4n) is 2.69. The maximum Gasteiger partial charge on any atom is 0.110 e. The van der Waals surface area contributed by atoms with Gasteiger partial charge in [0.1, 0.15) is 9.52 Å². The molecule has 1 aromatic rings. The van der Waals surface area contributed by atoms with Crippen molar-refractivity contribution >= 4 is 23.5 Å². The van der Waals surface area contributed by atoms with Gasteiger partial charge in [0.2, 0.25) is 0 Å². The fraction of sp³-hybridized carbons (Fsp3) is 0.579. The lowest BCUT2D eigenvalue weighted by Gasteiger charge is -2.26. The van der Waals surface area contributed by atoms with Crippen molar-refractivity contribution in [1.82, 2.24) is 0 Å². The third-order valence-corrected chi connectivity index (χ3v) is 9.68. The van der Waals surface area contributed by atoms with E-state index in [1.807, 2.05) is 0 Å². The molecule has 0 N–H and O–H groups in total. The number of benzene rings is 1. The summed E-state index contributed by atoms with van der Waals surface area (Å²) in [5, 5.41) is 1.50. The third kappa shape index (κ3) is 6.35. The van der Waals surface area contributed by atoms with E-state index in [9.17, 15) is 0 Å². The Morgan fingerprint density at radius 1 is 1.05 bits per heavy atom. The molecule has 0 saturated heterocycles. The number of rotatable bonds is 8. The Morgan fingerprint density at radius 3 is 2.10 bits per heavy atom. The van der Waals surface area contributed by atoms with Crippen molar-refractivity contribution in [2.45, 2.75) is 65.5 Å². The summed E-state index contributed by atoms with van der Waals surface area (Å²) >= 11 is 0. The summed E-state index contributed by atoms with van der Waals surface area (Å²) in [4.78, 5) is 1.77. The van der Waals surface area contributed by atoms with Crippen LogP contribution in [0, 0.1) is 5.92 Å². The summed E-state index contributed by atoms with van der Waals surface area (Å²) in [5.41, 5.74) is 1.63. The molecule has 0 amide bonds. The minimum absolute atomic E-state index is 0.445. The molecule has 1 atom stereocenters. The Morgan fingerprint density at radius 2 is 1.62 bits per heavy atom. The molecule has 115 valence electrons. The molecule has 0 heterocycles. The first kappa shape index (κ1) is 18.4. The highest BCUT2D eigenvalue weighted by Gasteiger charge is 2.24. The van der Waals surface area contributed by atoms with Gasteiger partial charge in [-0.15, -0.1) is 0 Å². The molecule has 0 aliphatic rings. The summed E-state index contributed by atoms with van der Waals surface area (Å²) in [6, 6.07) is 11.0. The average Bonchev–Trinajstić information content (AvgIpc) is 2.44. The van der Waals surface area contributed by atoms with Gasteiger partial charge in [-0.05, 0) is 23.4 Å². The molecule has 0 nitrogen and oxygen atoms in total. The second-order valence-corrected chi connectivity index (χ2v) is 12.2. The predicted octanol–water partition coefficient (Wildman–Crippen LogP) is 5.19. The van der Waals surface area contributed by atoms with E-state index in [4.69, 9.17) is 0 Å². The highest BCUT2D eigenvalue weighted by atomic mass is 28.3. The Hall–Kier alpha value is -0.606. The monoisotopic (exact) mass is 315 g/mol. The lowest BCUT2D eigenvalue weighted by atomic mass is 10.1. The molecular weight excluding hydrogens is 284 g/mol. The lowest BCUT2D eigenvalue weighted by molar-refractivity contribution is 0.572. The second-order valence-electron chi connectivity index (χ2n) is 6.62. The lowest BCUT2D eigenvalue weighted by Crippen LogP contribution is -2.32. The van der Waals surface area contributed by atoms with Crippen LogP contribution in [0.4, 0.5) is 0 Å². The van der Waals surface area contributed by atoms with E-state index in [0.29, 0.717) is 0 Å². The van der Waals surface area contributed by atoms with Crippen LogP contribution in [-0.4, -0.2) is 18.3 Å². The maximum atomic E-state index is 2.61. The molecule has 0 aliphatic carbocycles. The van der Waals surface area contributed by atoms with Gasteiger partial charge in [0, 0.05) is 0 Å². The van der Waals surface area contributed by atoms with Crippen LogP contribution >= 0.6 is 0 Å². The number of hydrogen-bond donors (Lipinski definition) is 0. The molecule has 1 unspecified atom stereocenters. The molecule has 0 fully saturated rings. The maximum absolute atomic E-state index is 2.61. The van der Waals surface area contributed by atoms with Crippen LogP contribution in [-0.2, 0) is 0 Å². The van der Waals surface area contributed by atoms with Crippen molar-refractivity contribution in [2.24, 2.45) is 5.92 Å². The Labute approximate surface area is 136 Å². The molecule has 0 saturated carbocycles. The highest BCUT2D eigenvalue weighted by Crippen LogP contribution is 2.26. The van der Waals surface area contributed by atoms with Crippen molar-refractivity contribution in [1.29, 1.82) is 0 Å². The van der Waals surface area contributed by atoms with Crippen LogP contribution in [0.5, 0.6) is 0 Å². The van der Waals surface area contributed by atoms with Gasteiger partial charge in [0.15, 0.2) is 0 Å². The number of allylic oxidation sites excluding steroid dienone is 1. The van der Waals surface area contributed by atoms with E-state index in [-0.39, 0.29) is 0 Å². The van der Waals surface area contributed by atoms with Crippen LogP contribution in [0.2, 0.25) is 11.1 Å². The molecule has 3 radical (unpaired) electrons. The summed E-state index contributed by atoms with van der Waals surface area (Å²) in [5.74, 6) is 0.808. The van der Waals surface area contributed by atoms with Crippen molar-refractivity contribution < 1.29 is 0 Å². The van der Waals surface area contributed by atoms with Crippen molar-refractivity contribution in [3.05, 3.63) is 41.2 Å². The normalized spacial score (nSPS) is 14.2. The van der Waals surface area contributed by atoms with Crippen LogP contribution in [0.15, 0.2) is 41.2 Å². The van der Waals surface area contributed by atoms with E-state index < -0.39 is 8.80 Å². The van der Waals surface area contributed by atoms with Gasteiger partial charge in [-0.3, -0.25) is 0 Å². The van der Waals surface area contributed by atoms with Crippen LogP contribution < -0.4 is 5.19 Å². The summed E-state index contributed by atoms with van der Waals surface area (Å²) in [7, 11) is 0.424. The molecular formula is C19H31Si2. The molecule has 0 aromatic heterocycles. The molecule has 0 spiro atoms. The zero-order valence-corrected chi connectivity index (χ0v) is 16.6. The van der Waals surface area contributed by atoms with Crippen LogP contribution in [0.3, 0.4) is 0 Å². The van der Waals surface area contributed by atoms with Crippen molar-refractivity contribution in [3.63, 3.8) is 0 Å². The Bertz CT molecular complexity index is 412. The van der Waals surface area contributed by atoms with E-state index in [2.05, 4.69) is 78.0 Å². The minimum Gasteiger partial charge on any atom is -0.0938 e. The quantitative estimate of drug-likeness (QED) is 0.579. The average molecular weight is 316 g/mol. The fourth-order valence-corrected chi connectivity index (χ4v) is 9.26. The van der Waals surface area contributed by atoms with Gasteiger partial charge in [-0.1, -0.05) is 94.4 Å². The van der Waals surface area contributed by atoms with Gasteiger partial charge in [0.05, 0.1) is 8.80 Å². The largest absolute Gasteiger partial charge is 0.110 e. The first-order chi connectivity index (χ1) is 9.95. The zero-order valence-electron chi connectivity index (χ0n) is 14.6. The Balaban J connectivity index is 2.98. The molecule has 1 aromatic carbocycles. The summed E-state index contributed by atoms with van der Waals surface area (Å²) in [6.07, 6.45) is 5.14. The zero-order chi connectivity index (χ0) is 15.8. The van der Waals surface area contributed by atoms with Crippen LogP contribution in [0.25, 0.3) is 0 Å². The minimum atomic E-state index is -0.445. The summed E-state index contributed by atoms with van der Waals surface area (Å²) in [6.45, 7) is 14.3. The predicted molar refractivity (Wildman–Crippen MR) is 99.9 cm³/mol. The first-order valence-corrected chi connectivity index (χ1v) is 11.0. The Kier molecular flexibility index (Phi) is 8.27. The van der Waals surface area contributed by atoms with Crippen molar-refractivity contribution in [3.8, 4) is 0 Å². The SMILES string of the molecule is CCC(C)C/C=C(/[Si]c1ccccc1)[Si](C(C)C)C(C)C. The van der Waals surface area contributed by atoms with E-state index >= 15 is 0 Å². The smallest absolute Gasteiger partial charge is 0.0938 e. The van der Waals surface area contributed by atoms with Gasteiger partial charge >= 0.3 is 0 Å². The van der Waals surface area contributed by atoms with Gasteiger partial charge in [-0.2, -0.15) is 0 Å². The standard InChI is InChI=1S/C19H31Si2/c1-7-17(6)13-14-19(21(15(2)3)16(4)5)20-18-11-9-8-10-12-18/h8-12,14-17H,7,13H2,1-6H3/b19-14-. The molecule has 21 heavy (non-hydrogen) atoms. The van der Waals surface area contributed by atoms with E-state index in [0.717, 1.165) is 26.5 Å². The second kappa shape index (κ2) is 9.42. The highest BCUT2D eigenvalue weighted by molar-refractivity contribution is 6.87. The van der Waals surface area contributed by atoms with Crippen LogP contribution in [0.1, 0.15) is 54.4 Å². The number of hydrogen-bond acceptors (Lipinski definition) is 0. The van der Waals surface area contributed by atoms with Gasteiger partial charge in [0.25, 0.3) is 0 Å². The molecule has 2 heteroatoms. The van der Waals surface area contributed by atoms with Crippen molar-refractivity contribution in [2.75, 3.05) is 0 Å². The van der Waals surface area contributed by atoms with Gasteiger partial charge < -0.3 is 0 Å². The topological polar surface area (TPSA) is 0 Å². The molecule has 1 rings (SSSR count). The molecule has 0 aliphatic heterocycles. The van der Waals surface area contributed by atoms with Gasteiger partial charge in [-0.25, -0.2) is 0 Å².